The maximum Gasteiger partial charge on any atom is 2.00 e. The maximum absolute atomic E-state index is 11.1. The number of nitrogens with zero attached hydrogens (tertiary/aromatic N) is 3. The number of nitro groups is 3. The Morgan fingerprint density at radius 2 is 1.05 bits per heavy atom. The topological polar surface area (TPSA) is 176 Å². The van der Waals surface area contributed by atoms with Crippen LogP contribution in [0.1, 0.15) is 0 Å². The molecule has 0 spiro atoms. The molecule has 20 heavy (non-hydrogen) atoms. The second-order valence-electron chi connectivity index (χ2n) is 2.69. The van der Waals surface area contributed by atoms with Gasteiger partial charge in [-0.05, 0) is 0 Å². The molecular weight excluding hydrogens is 361 g/mol. The molecule has 0 aliphatic rings. The second-order valence-corrected chi connectivity index (χ2v) is 2.69. The molecule has 1 rings (SSSR count). The zero-order valence-corrected chi connectivity index (χ0v) is 17.6. The van der Waals surface area contributed by atoms with Gasteiger partial charge in [-0.2, -0.15) is 0 Å². The molecule has 0 aromatic heterocycles. The van der Waals surface area contributed by atoms with Gasteiger partial charge in [0.1, 0.15) is 0 Å². The van der Waals surface area contributed by atoms with Crippen LogP contribution in [-0.2, 0) is 0 Å². The molecule has 1 aromatic carbocycles. The second kappa shape index (κ2) is 10.8. The van der Waals surface area contributed by atoms with Crippen LogP contribution in [0, 0.1) is 30.3 Å². The van der Waals surface area contributed by atoms with E-state index in [0.29, 0.717) is 0 Å². The molecule has 0 atom stereocenters. The van der Waals surface area contributed by atoms with E-state index in [1.54, 1.807) is 0 Å². The van der Waals surface area contributed by atoms with Crippen LogP contribution in [0.3, 0.4) is 0 Å². The average molecular weight is 362 g/mol. The van der Waals surface area contributed by atoms with Crippen molar-refractivity contribution in [3.63, 3.8) is 0 Å². The van der Waals surface area contributed by atoms with Gasteiger partial charge in [0, 0.05) is 0 Å². The predicted molar refractivity (Wildman–Crippen MR) is 56.8 cm³/mol. The molecule has 0 aliphatic heterocycles. The van der Waals surface area contributed by atoms with Gasteiger partial charge in [-0.25, -0.2) is 0 Å². The van der Waals surface area contributed by atoms with Gasteiger partial charge in [0.15, 0.2) is 0 Å². The molecule has 0 saturated heterocycles. The third-order valence-electron chi connectivity index (χ3n) is 1.74. The Kier molecular flexibility index (Phi) is 14.1. The van der Waals surface area contributed by atoms with Gasteiger partial charge in [0.2, 0.25) is 0 Å². The first kappa shape index (κ1) is 26.1. The van der Waals surface area contributed by atoms with Crippen molar-refractivity contribution in [1.29, 1.82) is 0 Å². The van der Waals surface area contributed by atoms with E-state index in [2.05, 4.69) is 0 Å². The minimum absolute atomic E-state index is 0. The molecule has 1 aromatic rings. The molecule has 0 radical (unpaired) electrons. The fourth-order valence-electron chi connectivity index (χ4n) is 1.04. The van der Waals surface area contributed by atoms with Crippen molar-refractivity contribution in [2.24, 2.45) is 0 Å². The molecule has 0 aliphatic carbocycles. The number of rotatable bonds is 3. The van der Waals surface area contributed by atoms with E-state index in [-0.39, 0.29) is 133 Å². The Morgan fingerprint density at radius 3 is 1.25 bits per heavy atom. The van der Waals surface area contributed by atoms with Gasteiger partial charge >= 0.3 is 127 Å². The summed E-state index contributed by atoms with van der Waals surface area (Å²) in [4.78, 5) is 26.9. The van der Waals surface area contributed by atoms with Gasteiger partial charge in [0.05, 0.1) is 32.3 Å². The van der Waals surface area contributed by atoms with E-state index >= 15 is 0 Å². The van der Waals surface area contributed by atoms with E-state index in [1.807, 2.05) is 0 Å². The van der Waals surface area contributed by atoms with E-state index in [4.69, 9.17) is 0 Å². The minimum Gasteiger partial charge on any atom is -0.863 e. The molecule has 0 unspecified atom stereocenters. The SMILES string of the molecule is O=[N+]([O-])c1cc([N+](=O)[O-])c([O-])c([N+](=O)[O-])c1[O-].[Ca+2].[Ca+2].[K+]. The Balaban J connectivity index is -0.000000963. The summed E-state index contributed by atoms with van der Waals surface area (Å²) >= 11 is 0. The normalized spacial score (nSPS) is 8.40. The van der Waals surface area contributed by atoms with Gasteiger partial charge in [-0.1, -0.05) is 0 Å². The molecule has 0 saturated carbocycles. The van der Waals surface area contributed by atoms with Crippen molar-refractivity contribution in [1.82, 2.24) is 0 Å². The largest absolute Gasteiger partial charge is 2.00 e. The molecule has 0 fully saturated rings. The van der Waals surface area contributed by atoms with E-state index in [9.17, 15) is 40.6 Å². The number of benzene rings is 1. The van der Waals surface area contributed by atoms with Crippen LogP contribution in [0.15, 0.2) is 6.07 Å². The standard InChI is InChI=1S/C6H3N3O8.2Ca.K/c10-5-2(7(12)13)1-3(8(14)15)6(11)4(5)9(16)17;;;/h1,10-11H;;;/q;2*+2;+1/p-2. The van der Waals surface area contributed by atoms with Crippen molar-refractivity contribution >= 4 is 92.5 Å². The van der Waals surface area contributed by atoms with Gasteiger partial charge in [-0.3, -0.25) is 30.3 Å². The van der Waals surface area contributed by atoms with Crippen molar-refractivity contribution in [2.75, 3.05) is 0 Å². The average Bonchev–Trinajstić information content (AvgIpc) is 2.15. The van der Waals surface area contributed by atoms with E-state index < -0.39 is 43.3 Å². The number of nitro benzene ring substituents is 3. The summed E-state index contributed by atoms with van der Waals surface area (Å²) < 4.78 is 0. The Morgan fingerprint density at radius 1 is 0.750 bits per heavy atom. The summed E-state index contributed by atoms with van der Waals surface area (Å²) in [6.45, 7) is 0. The zero-order valence-electron chi connectivity index (χ0n) is 10.1. The summed E-state index contributed by atoms with van der Waals surface area (Å²) in [5, 5.41) is 53.3. The summed E-state index contributed by atoms with van der Waals surface area (Å²) in [7, 11) is 0. The van der Waals surface area contributed by atoms with Crippen molar-refractivity contribution < 1.29 is 76.4 Å². The van der Waals surface area contributed by atoms with Crippen LogP contribution in [0.4, 0.5) is 17.1 Å². The first-order valence-corrected chi connectivity index (χ1v) is 3.75. The predicted octanol–water partition coefficient (Wildman–Crippen LogP) is -4.20. The third kappa shape index (κ3) is 5.76. The summed E-state index contributed by atoms with van der Waals surface area (Å²) in [5.74, 6) is -3.51. The minimum atomic E-state index is -1.75. The molecular formula is C6HCa2KN3O8+3. The monoisotopic (exact) mass is 362 g/mol. The molecule has 14 heteroatoms. The first-order chi connectivity index (χ1) is 7.77. The zero-order chi connectivity index (χ0) is 13.3. The fourth-order valence-corrected chi connectivity index (χ4v) is 1.04. The maximum atomic E-state index is 11.1. The smallest absolute Gasteiger partial charge is 0.863 e. The summed E-state index contributed by atoms with van der Waals surface area (Å²) in [6.07, 6.45) is 0. The Labute approximate surface area is 212 Å². The van der Waals surface area contributed by atoms with Crippen LogP contribution in [-0.4, -0.2) is 90.2 Å². The van der Waals surface area contributed by atoms with Gasteiger partial charge in [-0.15, -0.1) is 0 Å². The van der Waals surface area contributed by atoms with Crippen LogP contribution >= 0.6 is 0 Å². The van der Waals surface area contributed by atoms with Gasteiger partial charge in [0.25, 0.3) is 17.1 Å². The van der Waals surface area contributed by atoms with E-state index in [0.717, 1.165) is 0 Å². The Bertz CT molecular complexity index is 515. The fraction of sp³-hybridized carbons (Fsp3) is 0. The molecule has 0 amide bonds. The number of hydrogen-bond acceptors (Lipinski definition) is 8. The van der Waals surface area contributed by atoms with Crippen molar-refractivity contribution in [3.8, 4) is 11.5 Å². The van der Waals surface area contributed by atoms with Crippen molar-refractivity contribution in [2.45, 2.75) is 0 Å². The van der Waals surface area contributed by atoms with Crippen molar-refractivity contribution in [3.05, 3.63) is 36.4 Å². The third-order valence-corrected chi connectivity index (χ3v) is 1.74. The summed E-state index contributed by atoms with van der Waals surface area (Å²) in [5.41, 5.74) is -4.48. The summed E-state index contributed by atoms with van der Waals surface area (Å²) in [6, 6.07) is 0.109. The van der Waals surface area contributed by atoms with E-state index in [1.165, 1.54) is 0 Å². The molecule has 0 bridgehead atoms. The molecule has 0 heterocycles. The molecule has 0 N–H and O–H groups in total. The molecule has 11 nitrogen and oxygen atoms in total. The van der Waals surface area contributed by atoms with Crippen LogP contribution in [0.2, 0.25) is 0 Å². The quantitative estimate of drug-likeness (QED) is 0.295. The molecule has 90 valence electrons. The first-order valence-electron chi connectivity index (χ1n) is 3.75. The van der Waals surface area contributed by atoms with Gasteiger partial charge < -0.3 is 10.2 Å². The Hall–Kier alpha value is 1.18. The van der Waals surface area contributed by atoms with Crippen LogP contribution in [0.5, 0.6) is 11.5 Å². The number of hydrogen-bond donors (Lipinski definition) is 0. The van der Waals surface area contributed by atoms with Crippen LogP contribution < -0.4 is 61.6 Å². The van der Waals surface area contributed by atoms with Crippen LogP contribution in [0.25, 0.3) is 0 Å².